The van der Waals surface area contributed by atoms with Gasteiger partial charge in [0.05, 0.1) is 0 Å². The summed E-state index contributed by atoms with van der Waals surface area (Å²) in [5, 5.41) is 16.6. The highest BCUT2D eigenvalue weighted by molar-refractivity contribution is 5.59. The summed E-state index contributed by atoms with van der Waals surface area (Å²) in [5.74, 6) is 0.485. The van der Waals surface area contributed by atoms with Crippen LogP contribution in [-0.2, 0) is 0 Å². The fourth-order valence-electron chi connectivity index (χ4n) is 1.22. The number of benzene rings is 1. The minimum atomic E-state index is 0.485. The highest BCUT2D eigenvalue weighted by Crippen LogP contribution is 2.19. The minimum absolute atomic E-state index is 0.485. The molecule has 2 rings (SSSR count). The maximum Gasteiger partial charge on any atom is 0.267 e. The van der Waals surface area contributed by atoms with Gasteiger partial charge in [-0.15, -0.1) is 5.10 Å². The molecule has 72 valence electrons. The molecule has 0 unspecified atom stereocenters. The second-order valence-electron chi connectivity index (χ2n) is 3.11. The SMILES string of the molecule is Cc1cccc(Nc2nn[nH]n2)c1C. The van der Waals surface area contributed by atoms with Gasteiger partial charge in [0.2, 0.25) is 0 Å². The Morgan fingerprint density at radius 1 is 1.29 bits per heavy atom. The van der Waals surface area contributed by atoms with E-state index in [1.54, 1.807) is 0 Å². The van der Waals surface area contributed by atoms with Crippen molar-refractivity contribution in [2.45, 2.75) is 13.8 Å². The van der Waals surface area contributed by atoms with Gasteiger partial charge in [0, 0.05) is 5.69 Å². The van der Waals surface area contributed by atoms with E-state index in [-0.39, 0.29) is 0 Å². The normalized spacial score (nSPS) is 10.1. The molecule has 0 aliphatic rings. The van der Waals surface area contributed by atoms with E-state index < -0.39 is 0 Å². The first-order valence-corrected chi connectivity index (χ1v) is 4.34. The van der Waals surface area contributed by atoms with Crippen molar-refractivity contribution in [3.63, 3.8) is 0 Å². The van der Waals surface area contributed by atoms with Crippen molar-refractivity contribution in [3.05, 3.63) is 29.3 Å². The van der Waals surface area contributed by atoms with Crippen LogP contribution in [0.4, 0.5) is 11.6 Å². The Hall–Kier alpha value is -1.91. The molecule has 2 N–H and O–H groups in total. The average molecular weight is 189 g/mol. The van der Waals surface area contributed by atoms with Crippen LogP contribution in [0.1, 0.15) is 11.1 Å². The fourth-order valence-corrected chi connectivity index (χ4v) is 1.22. The monoisotopic (exact) mass is 189 g/mol. The van der Waals surface area contributed by atoms with Gasteiger partial charge in [0.1, 0.15) is 0 Å². The number of aromatic nitrogens is 4. The third-order valence-electron chi connectivity index (χ3n) is 2.20. The molecule has 2 aromatic rings. The summed E-state index contributed by atoms with van der Waals surface area (Å²) in [5.41, 5.74) is 3.43. The van der Waals surface area contributed by atoms with E-state index in [2.05, 4.69) is 45.9 Å². The molecule has 5 nitrogen and oxygen atoms in total. The third kappa shape index (κ3) is 1.56. The Kier molecular flexibility index (Phi) is 2.14. The first-order valence-electron chi connectivity index (χ1n) is 4.34. The van der Waals surface area contributed by atoms with Crippen LogP contribution < -0.4 is 5.32 Å². The first kappa shape index (κ1) is 8.68. The molecular weight excluding hydrogens is 178 g/mol. The lowest BCUT2D eigenvalue weighted by molar-refractivity contribution is 0.881. The number of nitrogens with one attached hydrogen (secondary N) is 2. The summed E-state index contributed by atoms with van der Waals surface area (Å²) in [6, 6.07) is 6.04. The van der Waals surface area contributed by atoms with Gasteiger partial charge >= 0.3 is 0 Å². The molecule has 0 bridgehead atoms. The second kappa shape index (κ2) is 3.45. The number of aromatic amines is 1. The topological polar surface area (TPSA) is 66.5 Å². The summed E-state index contributed by atoms with van der Waals surface area (Å²) >= 11 is 0. The van der Waals surface area contributed by atoms with Gasteiger partial charge in [-0.3, -0.25) is 0 Å². The molecule has 0 radical (unpaired) electrons. The fraction of sp³-hybridized carbons (Fsp3) is 0.222. The van der Waals surface area contributed by atoms with Gasteiger partial charge in [0.25, 0.3) is 5.95 Å². The number of aryl methyl sites for hydroxylation is 1. The van der Waals surface area contributed by atoms with Crippen LogP contribution in [0.15, 0.2) is 18.2 Å². The van der Waals surface area contributed by atoms with Crippen molar-refractivity contribution in [3.8, 4) is 0 Å². The van der Waals surface area contributed by atoms with Crippen molar-refractivity contribution in [1.29, 1.82) is 0 Å². The van der Waals surface area contributed by atoms with Crippen LogP contribution in [0.3, 0.4) is 0 Å². The average Bonchev–Trinajstić information content (AvgIpc) is 2.66. The third-order valence-corrected chi connectivity index (χ3v) is 2.20. The second-order valence-corrected chi connectivity index (χ2v) is 3.11. The predicted octanol–water partition coefficient (Wildman–Crippen LogP) is 1.56. The molecule has 0 saturated carbocycles. The molecule has 0 atom stereocenters. The summed E-state index contributed by atoms with van der Waals surface area (Å²) in [6.07, 6.45) is 0. The lowest BCUT2D eigenvalue weighted by atomic mass is 10.1. The number of hydrogen-bond acceptors (Lipinski definition) is 4. The van der Waals surface area contributed by atoms with Crippen molar-refractivity contribution in [2.75, 3.05) is 5.32 Å². The largest absolute Gasteiger partial charge is 0.321 e. The zero-order chi connectivity index (χ0) is 9.97. The smallest absolute Gasteiger partial charge is 0.267 e. The zero-order valence-electron chi connectivity index (χ0n) is 8.07. The maximum atomic E-state index is 3.82. The van der Waals surface area contributed by atoms with Crippen LogP contribution in [0, 0.1) is 13.8 Å². The molecule has 0 amide bonds. The van der Waals surface area contributed by atoms with Gasteiger partial charge in [-0.1, -0.05) is 17.2 Å². The number of hydrogen-bond donors (Lipinski definition) is 2. The molecule has 5 heteroatoms. The Labute approximate surface area is 81.5 Å². The molecule has 0 aliphatic carbocycles. The molecule has 14 heavy (non-hydrogen) atoms. The van der Waals surface area contributed by atoms with E-state index in [4.69, 9.17) is 0 Å². The number of anilines is 2. The van der Waals surface area contributed by atoms with Crippen molar-refractivity contribution in [1.82, 2.24) is 20.6 Å². The lowest BCUT2D eigenvalue weighted by Gasteiger charge is -2.07. The van der Waals surface area contributed by atoms with Gasteiger partial charge in [-0.05, 0) is 36.3 Å². The molecule has 0 spiro atoms. The molecule has 1 aromatic heterocycles. The van der Waals surface area contributed by atoms with E-state index in [1.165, 1.54) is 11.1 Å². The molecule has 0 aliphatic heterocycles. The molecule has 1 heterocycles. The van der Waals surface area contributed by atoms with Crippen molar-refractivity contribution < 1.29 is 0 Å². The van der Waals surface area contributed by atoms with Crippen LogP contribution in [0.2, 0.25) is 0 Å². The van der Waals surface area contributed by atoms with Crippen LogP contribution >= 0.6 is 0 Å². The highest BCUT2D eigenvalue weighted by atomic mass is 15.5. The van der Waals surface area contributed by atoms with Crippen LogP contribution in [-0.4, -0.2) is 20.6 Å². The molecular formula is C9H11N5. The van der Waals surface area contributed by atoms with Gasteiger partial charge in [-0.25, -0.2) is 0 Å². The summed E-state index contributed by atoms with van der Waals surface area (Å²) in [6.45, 7) is 4.12. The summed E-state index contributed by atoms with van der Waals surface area (Å²) in [7, 11) is 0. The molecule has 0 fully saturated rings. The van der Waals surface area contributed by atoms with Crippen LogP contribution in [0.25, 0.3) is 0 Å². The Morgan fingerprint density at radius 3 is 2.86 bits per heavy atom. The zero-order valence-corrected chi connectivity index (χ0v) is 8.07. The van der Waals surface area contributed by atoms with E-state index >= 15 is 0 Å². The lowest BCUT2D eigenvalue weighted by Crippen LogP contribution is -1.96. The Bertz CT molecular complexity index is 421. The first-order chi connectivity index (χ1) is 6.77. The van der Waals surface area contributed by atoms with Gasteiger partial charge < -0.3 is 5.32 Å². The molecule has 0 saturated heterocycles. The number of H-pyrrole nitrogens is 1. The number of nitrogens with zero attached hydrogens (tertiary/aromatic N) is 3. The predicted molar refractivity (Wildman–Crippen MR) is 53.4 cm³/mol. The van der Waals surface area contributed by atoms with Gasteiger partial charge in [-0.2, -0.15) is 5.21 Å². The van der Waals surface area contributed by atoms with E-state index in [9.17, 15) is 0 Å². The number of tetrazole rings is 1. The van der Waals surface area contributed by atoms with E-state index in [0.717, 1.165) is 5.69 Å². The molecule has 1 aromatic carbocycles. The van der Waals surface area contributed by atoms with E-state index in [1.807, 2.05) is 12.1 Å². The van der Waals surface area contributed by atoms with E-state index in [0.29, 0.717) is 5.95 Å². The Balaban J connectivity index is 2.29. The van der Waals surface area contributed by atoms with Crippen molar-refractivity contribution >= 4 is 11.6 Å². The minimum Gasteiger partial charge on any atom is -0.321 e. The Morgan fingerprint density at radius 2 is 2.14 bits per heavy atom. The summed E-state index contributed by atoms with van der Waals surface area (Å²) < 4.78 is 0. The highest BCUT2D eigenvalue weighted by Gasteiger charge is 2.02. The number of rotatable bonds is 2. The van der Waals surface area contributed by atoms with Crippen molar-refractivity contribution in [2.24, 2.45) is 0 Å². The quantitative estimate of drug-likeness (QED) is 0.752. The van der Waals surface area contributed by atoms with Gasteiger partial charge in [0.15, 0.2) is 0 Å². The standard InChI is InChI=1S/C9H11N5/c1-6-4-3-5-8(7(6)2)10-9-11-13-14-12-9/h3-5H,1-2H3,(H2,10,11,12,13,14). The van der Waals surface area contributed by atoms with Crippen LogP contribution in [0.5, 0.6) is 0 Å². The maximum absolute atomic E-state index is 3.82. The summed E-state index contributed by atoms with van der Waals surface area (Å²) in [4.78, 5) is 0.